The fourth-order valence-corrected chi connectivity index (χ4v) is 2.98. The van der Waals surface area contributed by atoms with Gasteiger partial charge in [0.05, 0.1) is 0 Å². The van der Waals surface area contributed by atoms with Crippen molar-refractivity contribution < 1.29 is 0 Å². The Bertz CT molecular complexity index is 672. The van der Waals surface area contributed by atoms with Gasteiger partial charge in [0.25, 0.3) is 0 Å². The zero-order valence-corrected chi connectivity index (χ0v) is 10.2. The summed E-state index contributed by atoms with van der Waals surface area (Å²) in [5.74, 6) is 0.668. The molecular weight excluding hydrogens is 218 g/mol. The Morgan fingerprint density at radius 2 is 1.33 bits per heavy atom. The lowest BCUT2D eigenvalue weighted by Gasteiger charge is -2.30. The lowest BCUT2D eigenvalue weighted by Crippen LogP contribution is -2.40. The predicted octanol–water partition coefficient (Wildman–Crippen LogP) is 3.68. The Kier molecular flexibility index (Phi) is 2.14. The van der Waals surface area contributed by atoms with E-state index in [4.69, 9.17) is 0 Å². The Balaban J connectivity index is 2.17. The maximum absolute atomic E-state index is 3.39. The average molecular weight is 233 g/mol. The highest BCUT2D eigenvalue weighted by molar-refractivity contribution is 6.02. The molecule has 1 N–H and O–H groups in total. The number of nitrogens with one attached hydrogen (secondary N) is 1. The summed E-state index contributed by atoms with van der Waals surface area (Å²) in [4.78, 5) is 0. The van der Waals surface area contributed by atoms with Crippen LogP contribution in [0.15, 0.2) is 54.6 Å². The fourth-order valence-electron chi connectivity index (χ4n) is 2.98. The second kappa shape index (κ2) is 3.82. The molecule has 1 aliphatic heterocycles. The second-order valence-electron chi connectivity index (χ2n) is 5.09. The minimum atomic E-state index is 0.668. The van der Waals surface area contributed by atoms with Crippen molar-refractivity contribution in [3.8, 4) is 0 Å². The second-order valence-corrected chi connectivity index (χ2v) is 5.09. The van der Waals surface area contributed by atoms with Crippen LogP contribution >= 0.6 is 0 Å². The largest absolute Gasteiger partial charge is 0.315 e. The van der Waals surface area contributed by atoms with Crippen LogP contribution in [0.4, 0.5) is 0 Å². The van der Waals surface area contributed by atoms with Crippen LogP contribution in [0.1, 0.15) is 11.5 Å². The molecule has 1 fully saturated rings. The standard InChI is InChI=1S/C17H15N/c1-3-7-15-12(5-1)9-13-6-2-4-8-16(13)17(15)14-10-18-11-14/h1-9,14,18H,10-11H2. The number of hydrogen-bond donors (Lipinski definition) is 1. The molecule has 0 unspecified atom stereocenters. The molecule has 0 spiro atoms. The van der Waals surface area contributed by atoms with Gasteiger partial charge in [-0.05, 0) is 33.2 Å². The summed E-state index contributed by atoms with van der Waals surface area (Å²) in [5, 5.41) is 8.95. The topological polar surface area (TPSA) is 12.0 Å². The molecule has 1 saturated heterocycles. The third kappa shape index (κ3) is 1.37. The predicted molar refractivity (Wildman–Crippen MR) is 77.1 cm³/mol. The van der Waals surface area contributed by atoms with E-state index in [0.29, 0.717) is 5.92 Å². The molecule has 3 aromatic carbocycles. The summed E-state index contributed by atoms with van der Waals surface area (Å²) >= 11 is 0. The number of hydrogen-bond acceptors (Lipinski definition) is 1. The monoisotopic (exact) mass is 233 g/mol. The van der Waals surface area contributed by atoms with Crippen molar-refractivity contribution >= 4 is 21.5 Å². The highest BCUT2D eigenvalue weighted by Crippen LogP contribution is 2.35. The number of fused-ring (bicyclic) bond motifs is 2. The van der Waals surface area contributed by atoms with Crippen molar-refractivity contribution in [2.45, 2.75) is 5.92 Å². The van der Waals surface area contributed by atoms with Gasteiger partial charge in [0.1, 0.15) is 0 Å². The van der Waals surface area contributed by atoms with Crippen LogP contribution in [-0.4, -0.2) is 13.1 Å². The van der Waals surface area contributed by atoms with Crippen LogP contribution in [0.2, 0.25) is 0 Å². The maximum atomic E-state index is 3.39. The van der Waals surface area contributed by atoms with Crippen LogP contribution in [0.5, 0.6) is 0 Å². The summed E-state index contributed by atoms with van der Waals surface area (Å²) in [7, 11) is 0. The van der Waals surface area contributed by atoms with Crippen molar-refractivity contribution in [3.05, 3.63) is 60.2 Å². The third-order valence-corrected chi connectivity index (χ3v) is 4.00. The van der Waals surface area contributed by atoms with Gasteiger partial charge in [-0.3, -0.25) is 0 Å². The van der Waals surface area contributed by atoms with Gasteiger partial charge in [-0.15, -0.1) is 0 Å². The van der Waals surface area contributed by atoms with Gasteiger partial charge < -0.3 is 5.32 Å². The van der Waals surface area contributed by atoms with Crippen molar-refractivity contribution in [1.82, 2.24) is 5.32 Å². The lowest BCUT2D eigenvalue weighted by molar-refractivity contribution is 0.453. The normalized spacial score (nSPS) is 16.0. The molecule has 0 amide bonds. The molecule has 0 saturated carbocycles. The average Bonchev–Trinajstić information content (AvgIpc) is 2.36. The molecule has 1 heterocycles. The molecule has 1 heteroatoms. The molecule has 88 valence electrons. The molecule has 0 radical (unpaired) electrons. The molecule has 0 atom stereocenters. The van der Waals surface area contributed by atoms with Crippen LogP contribution in [0, 0.1) is 0 Å². The summed E-state index contributed by atoms with van der Waals surface area (Å²) in [6, 6.07) is 19.8. The SMILES string of the molecule is c1ccc2c(C3CNC3)c3ccccc3cc2c1. The summed E-state index contributed by atoms with van der Waals surface area (Å²) in [5.41, 5.74) is 1.53. The molecule has 0 aromatic heterocycles. The first-order valence-corrected chi connectivity index (χ1v) is 6.54. The van der Waals surface area contributed by atoms with Crippen LogP contribution in [0.25, 0.3) is 21.5 Å². The van der Waals surface area contributed by atoms with Gasteiger partial charge in [0, 0.05) is 19.0 Å². The highest BCUT2D eigenvalue weighted by atomic mass is 14.9. The first-order chi connectivity index (χ1) is 8.93. The summed E-state index contributed by atoms with van der Waals surface area (Å²) < 4.78 is 0. The van der Waals surface area contributed by atoms with Crippen molar-refractivity contribution in [1.29, 1.82) is 0 Å². The van der Waals surface area contributed by atoms with E-state index in [9.17, 15) is 0 Å². The van der Waals surface area contributed by atoms with Gasteiger partial charge in [-0.25, -0.2) is 0 Å². The zero-order valence-electron chi connectivity index (χ0n) is 10.2. The van der Waals surface area contributed by atoms with E-state index >= 15 is 0 Å². The fraction of sp³-hybridized carbons (Fsp3) is 0.176. The Morgan fingerprint density at radius 1 is 0.778 bits per heavy atom. The summed E-state index contributed by atoms with van der Waals surface area (Å²) in [6.07, 6.45) is 0. The van der Waals surface area contributed by atoms with E-state index < -0.39 is 0 Å². The van der Waals surface area contributed by atoms with Crippen molar-refractivity contribution in [2.75, 3.05) is 13.1 Å². The van der Waals surface area contributed by atoms with E-state index in [2.05, 4.69) is 59.9 Å². The van der Waals surface area contributed by atoms with Crippen molar-refractivity contribution in [2.24, 2.45) is 0 Å². The molecule has 1 nitrogen and oxygen atoms in total. The van der Waals surface area contributed by atoms with Gasteiger partial charge in [0.15, 0.2) is 0 Å². The lowest BCUT2D eigenvalue weighted by atomic mass is 9.85. The Morgan fingerprint density at radius 3 is 1.83 bits per heavy atom. The van der Waals surface area contributed by atoms with Crippen LogP contribution < -0.4 is 5.32 Å². The van der Waals surface area contributed by atoms with Crippen LogP contribution in [0.3, 0.4) is 0 Å². The molecule has 3 aromatic rings. The van der Waals surface area contributed by atoms with Gasteiger partial charge in [0.2, 0.25) is 0 Å². The summed E-state index contributed by atoms with van der Waals surface area (Å²) in [6.45, 7) is 2.22. The first kappa shape index (κ1) is 10.1. The third-order valence-electron chi connectivity index (χ3n) is 4.00. The zero-order chi connectivity index (χ0) is 11.9. The minimum Gasteiger partial charge on any atom is -0.315 e. The highest BCUT2D eigenvalue weighted by Gasteiger charge is 2.22. The van der Waals surface area contributed by atoms with Gasteiger partial charge in [-0.2, -0.15) is 0 Å². The van der Waals surface area contributed by atoms with Gasteiger partial charge in [-0.1, -0.05) is 48.5 Å². The van der Waals surface area contributed by atoms with Crippen LogP contribution in [-0.2, 0) is 0 Å². The molecule has 0 aliphatic carbocycles. The first-order valence-electron chi connectivity index (χ1n) is 6.54. The van der Waals surface area contributed by atoms with E-state index in [1.807, 2.05) is 0 Å². The Labute approximate surface area is 106 Å². The molecular formula is C17H15N. The van der Waals surface area contributed by atoms with Gasteiger partial charge >= 0.3 is 0 Å². The van der Waals surface area contributed by atoms with E-state index in [1.165, 1.54) is 27.1 Å². The smallest absolute Gasteiger partial charge is 0.0101 e. The molecule has 4 rings (SSSR count). The van der Waals surface area contributed by atoms with E-state index in [-0.39, 0.29) is 0 Å². The molecule has 18 heavy (non-hydrogen) atoms. The minimum absolute atomic E-state index is 0.668. The van der Waals surface area contributed by atoms with E-state index in [1.54, 1.807) is 0 Å². The van der Waals surface area contributed by atoms with Crippen molar-refractivity contribution in [3.63, 3.8) is 0 Å². The Hall–Kier alpha value is -1.86. The van der Waals surface area contributed by atoms with E-state index in [0.717, 1.165) is 13.1 Å². The molecule has 1 aliphatic rings. The number of rotatable bonds is 1. The maximum Gasteiger partial charge on any atom is 0.0101 e. The quantitative estimate of drug-likeness (QED) is 0.632. The number of benzene rings is 3. The molecule has 0 bridgehead atoms.